The van der Waals surface area contributed by atoms with Crippen molar-refractivity contribution in [3.63, 3.8) is 0 Å². The Bertz CT molecular complexity index is 627. The number of rotatable bonds is 1. The summed E-state index contributed by atoms with van der Waals surface area (Å²) in [6.45, 7) is 3.25. The Hall–Kier alpha value is -1.90. The molecule has 6 nitrogen and oxygen atoms in total. The van der Waals surface area contributed by atoms with Crippen LogP contribution >= 0.6 is 0 Å². The number of hydrogen-bond acceptors (Lipinski definition) is 5. The van der Waals surface area contributed by atoms with Crippen LogP contribution in [0.4, 0.5) is 19.0 Å². The second kappa shape index (κ2) is 4.30. The van der Waals surface area contributed by atoms with Crippen molar-refractivity contribution in [2.75, 3.05) is 18.0 Å². The third-order valence-electron chi connectivity index (χ3n) is 3.50. The molecule has 2 aromatic rings. The molecular formula is C11H13F3N6. The summed E-state index contributed by atoms with van der Waals surface area (Å²) >= 11 is 0. The first-order valence-electron chi connectivity index (χ1n) is 6.16. The third-order valence-corrected chi connectivity index (χ3v) is 3.50. The van der Waals surface area contributed by atoms with E-state index in [1.165, 1.54) is 6.07 Å². The predicted octanol–water partition coefficient (Wildman–Crippen LogP) is 0.926. The first-order valence-corrected chi connectivity index (χ1v) is 6.16. The lowest BCUT2D eigenvalue weighted by atomic mass is 10.1. The van der Waals surface area contributed by atoms with E-state index in [-0.39, 0.29) is 17.6 Å². The van der Waals surface area contributed by atoms with Gasteiger partial charge in [-0.1, -0.05) is 6.92 Å². The summed E-state index contributed by atoms with van der Waals surface area (Å²) in [5, 5.41) is 10.6. The zero-order valence-corrected chi connectivity index (χ0v) is 10.7. The summed E-state index contributed by atoms with van der Waals surface area (Å²) in [6.07, 6.45) is -4.58. The van der Waals surface area contributed by atoms with Crippen LogP contribution in [-0.2, 0) is 6.18 Å². The number of hydrogen-bond donors (Lipinski definition) is 1. The van der Waals surface area contributed by atoms with Gasteiger partial charge in [-0.15, -0.1) is 15.3 Å². The number of nitrogens with zero attached hydrogens (tertiary/aromatic N) is 5. The molecule has 2 unspecified atom stereocenters. The van der Waals surface area contributed by atoms with Crippen molar-refractivity contribution in [1.82, 2.24) is 19.8 Å². The van der Waals surface area contributed by atoms with Gasteiger partial charge in [0.1, 0.15) is 5.82 Å². The molecule has 3 heterocycles. The monoisotopic (exact) mass is 286 g/mol. The summed E-state index contributed by atoms with van der Waals surface area (Å²) in [4.78, 5) is 1.87. The van der Waals surface area contributed by atoms with E-state index in [9.17, 15) is 13.2 Å². The highest BCUT2D eigenvalue weighted by Crippen LogP contribution is 2.28. The molecule has 1 fully saturated rings. The molecule has 0 aromatic carbocycles. The van der Waals surface area contributed by atoms with Crippen LogP contribution in [0, 0.1) is 5.92 Å². The number of nitrogens with two attached hydrogens (primary N) is 1. The molecule has 108 valence electrons. The molecule has 0 bridgehead atoms. The molecule has 1 saturated heterocycles. The number of fused-ring (bicyclic) bond motifs is 1. The van der Waals surface area contributed by atoms with Gasteiger partial charge in [0, 0.05) is 19.1 Å². The van der Waals surface area contributed by atoms with Crippen molar-refractivity contribution < 1.29 is 13.2 Å². The molecule has 9 heteroatoms. The lowest BCUT2D eigenvalue weighted by molar-refractivity contribution is -0.146. The fourth-order valence-electron chi connectivity index (χ4n) is 2.30. The topological polar surface area (TPSA) is 72.3 Å². The van der Waals surface area contributed by atoms with Crippen LogP contribution in [0.2, 0.25) is 0 Å². The van der Waals surface area contributed by atoms with Crippen LogP contribution in [0.5, 0.6) is 0 Å². The van der Waals surface area contributed by atoms with Gasteiger partial charge in [-0.3, -0.25) is 0 Å². The molecule has 2 atom stereocenters. The number of alkyl halides is 3. The minimum absolute atomic E-state index is 0.00417. The molecule has 0 saturated carbocycles. The van der Waals surface area contributed by atoms with E-state index in [4.69, 9.17) is 5.73 Å². The molecule has 0 radical (unpaired) electrons. The lowest BCUT2D eigenvalue weighted by Crippen LogP contribution is -2.29. The van der Waals surface area contributed by atoms with Crippen molar-refractivity contribution in [3.05, 3.63) is 18.0 Å². The summed E-state index contributed by atoms with van der Waals surface area (Å²) in [6, 6.07) is 3.10. The Morgan fingerprint density at radius 3 is 2.60 bits per heavy atom. The molecule has 2 aromatic heterocycles. The first-order chi connectivity index (χ1) is 9.36. The Morgan fingerprint density at radius 1 is 1.25 bits per heavy atom. The maximum Gasteiger partial charge on any atom is 0.453 e. The first kappa shape index (κ1) is 13.1. The van der Waals surface area contributed by atoms with Gasteiger partial charge in [0.15, 0.2) is 5.65 Å². The van der Waals surface area contributed by atoms with E-state index in [2.05, 4.69) is 15.3 Å². The Labute approximate surface area is 112 Å². The highest BCUT2D eigenvalue weighted by molar-refractivity contribution is 5.47. The standard InChI is InChI=1S/C11H13F3N6/c1-6-4-19(5-7(6)15)9-3-2-8-16-17-10(11(12,13)14)20(8)18-9/h2-3,6-7H,4-5,15H2,1H3. The van der Waals surface area contributed by atoms with Crippen molar-refractivity contribution in [1.29, 1.82) is 0 Å². The lowest BCUT2D eigenvalue weighted by Gasteiger charge is -2.16. The summed E-state index contributed by atoms with van der Waals surface area (Å²) in [5.74, 6) is -0.399. The van der Waals surface area contributed by atoms with Crippen molar-refractivity contribution in [3.8, 4) is 0 Å². The zero-order valence-electron chi connectivity index (χ0n) is 10.7. The van der Waals surface area contributed by atoms with E-state index in [1.54, 1.807) is 6.07 Å². The highest BCUT2D eigenvalue weighted by atomic mass is 19.4. The predicted molar refractivity (Wildman–Crippen MR) is 65.1 cm³/mol. The SMILES string of the molecule is CC1CN(c2ccc3nnc(C(F)(F)F)n3n2)CC1N. The Balaban J connectivity index is 2.02. The van der Waals surface area contributed by atoms with Gasteiger partial charge in [-0.25, -0.2) is 0 Å². The van der Waals surface area contributed by atoms with E-state index < -0.39 is 12.0 Å². The van der Waals surface area contributed by atoms with Crippen molar-refractivity contribution in [2.45, 2.75) is 19.1 Å². The van der Waals surface area contributed by atoms with Gasteiger partial charge in [0.05, 0.1) is 0 Å². The summed E-state index contributed by atoms with van der Waals surface area (Å²) < 4.78 is 39.1. The average Bonchev–Trinajstić information content (AvgIpc) is 2.92. The van der Waals surface area contributed by atoms with Crippen molar-refractivity contribution in [2.24, 2.45) is 11.7 Å². The van der Waals surface area contributed by atoms with Crippen LogP contribution in [0.25, 0.3) is 5.65 Å². The van der Waals surface area contributed by atoms with Crippen LogP contribution in [-0.4, -0.2) is 38.9 Å². The van der Waals surface area contributed by atoms with Crippen molar-refractivity contribution >= 4 is 11.5 Å². The Kier molecular flexibility index (Phi) is 2.82. The van der Waals surface area contributed by atoms with Gasteiger partial charge in [0.25, 0.3) is 5.82 Å². The molecule has 0 aliphatic carbocycles. The largest absolute Gasteiger partial charge is 0.453 e. The van der Waals surface area contributed by atoms with E-state index in [0.29, 0.717) is 18.9 Å². The van der Waals surface area contributed by atoms with Gasteiger partial charge >= 0.3 is 6.18 Å². The minimum atomic E-state index is -4.58. The fraction of sp³-hybridized carbons (Fsp3) is 0.545. The minimum Gasteiger partial charge on any atom is -0.353 e. The smallest absolute Gasteiger partial charge is 0.353 e. The van der Waals surface area contributed by atoms with Gasteiger partial charge < -0.3 is 10.6 Å². The van der Waals surface area contributed by atoms with Gasteiger partial charge in [-0.05, 0) is 18.1 Å². The van der Waals surface area contributed by atoms with Gasteiger partial charge in [0.2, 0.25) is 0 Å². The Morgan fingerprint density at radius 2 is 2.00 bits per heavy atom. The second-order valence-electron chi connectivity index (χ2n) is 5.03. The van der Waals surface area contributed by atoms with E-state index >= 15 is 0 Å². The quantitative estimate of drug-likeness (QED) is 0.844. The average molecular weight is 286 g/mol. The molecule has 0 amide bonds. The fourth-order valence-corrected chi connectivity index (χ4v) is 2.30. The van der Waals surface area contributed by atoms with Crippen LogP contribution in [0.15, 0.2) is 12.1 Å². The molecule has 20 heavy (non-hydrogen) atoms. The molecule has 0 spiro atoms. The third kappa shape index (κ3) is 2.07. The maximum absolute atomic E-state index is 12.8. The molecule has 3 rings (SSSR count). The number of halogens is 3. The molecule has 1 aliphatic rings. The summed E-state index contributed by atoms with van der Waals surface area (Å²) in [7, 11) is 0. The normalized spacial score (nSPS) is 23.8. The second-order valence-corrected chi connectivity index (χ2v) is 5.03. The maximum atomic E-state index is 12.8. The molecule has 1 aliphatic heterocycles. The van der Waals surface area contributed by atoms with Gasteiger partial charge in [-0.2, -0.15) is 17.7 Å². The molecular weight excluding hydrogens is 273 g/mol. The number of anilines is 1. The van der Waals surface area contributed by atoms with E-state index in [1.807, 2.05) is 11.8 Å². The number of aromatic nitrogens is 4. The zero-order chi connectivity index (χ0) is 14.5. The van der Waals surface area contributed by atoms with E-state index in [0.717, 1.165) is 4.52 Å². The van der Waals surface area contributed by atoms with Crippen LogP contribution < -0.4 is 10.6 Å². The van der Waals surface area contributed by atoms with Crippen LogP contribution in [0.3, 0.4) is 0 Å². The highest BCUT2D eigenvalue weighted by Gasteiger charge is 2.38. The van der Waals surface area contributed by atoms with Crippen LogP contribution in [0.1, 0.15) is 12.7 Å². The summed E-state index contributed by atoms with van der Waals surface area (Å²) in [5.41, 5.74) is 5.98. The molecule has 2 N–H and O–H groups in total.